The highest BCUT2D eigenvalue weighted by atomic mass is 16.7. The van der Waals surface area contributed by atoms with Crippen molar-refractivity contribution >= 4 is 11.8 Å². The van der Waals surface area contributed by atoms with Crippen LogP contribution in [-0.4, -0.2) is 22.7 Å². The summed E-state index contributed by atoms with van der Waals surface area (Å²) in [6.45, 7) is 3.40. The van der Waals surface area contributed by atoms with E-state index in [0.29, 0.717) is 0 Å². The summed E-state index contributed by atoms with van der Waals surface area (Å²) >= 11 is 0. The molecule has 7 nitrogen and oxygen atoms in total. The summed E-state index contributed by atoms with van der Waals surface area (Å²) in [5, 5.41) is 10.6. The molecule has 1 aromatic rings. The molecule has 0 aliphatic heterocycles. The summed E-state index contributed by atoms with van der Waals surface area (Å²) in [5.74, 6) is -0.654. The summed E-state index contributed by atoms with van der Waals surface area (Å²) in [5.41, 5.74) is 0. The first-order valence-corrected chi connectivity index (χ1v) is 5.38. The topological polar surface area (TPSA) is 91.6 Å². The van der Waals surface area contributed by atoms with Crippen LogP contribution in [-0.2, 0) is 9.53 Å². The van der Waals surface area contributed by atoms with E-state index in [1.54, 1.807) is 0 Å². The largest absolute Gasteiger partial charge is 0.448 e. The van der Waals surface area contributed by atoms with E-state index in [2.05, 4.69) is 4.98 Å². The number of pyridine rings is 1. The summed E-state index contributed by atoms with van der Waals surface area (Å²) in [6, 6.07) is 2.89. The lowest BCUT2D eigenvalue weighted by molar-refractivity contribution is -0.390. The molecule has 1 rings (SSSR count). The fourth-order valence-corrected chi connectivity index (χ4v) is 1.18. The van der Waals surface area contributed by atoms with Gasteiger partial charge in [-0.25, -0.2) is 0 Å². The molecule has 0 atom stereocenters. The Morgan fingerprint density at radius 3 is 2.89 bits per heavy atom. The van der Waals surface area contributed by atoms with Crippen molar-refractivity contribution in [2.24, 2.45) is 5.92 Å². The Bertz CT molecular complexity index is 433. The highest BCUT2D eigenvalue weighted by Crippen LogP contribution is 2.22. The minimum atomic E-state index is -0.661. The number of rotatable bonds is 6. The van der Waals surface area contributed by atoms with Crippen molar-refractivity contribution < 1.29 is 19.2 Å². The average molecular weight is 254 g/mol. The molecule has 0 aromatic carbocycles. The molecule has 0 unspecified atom stereocenters. The first-order chi connectivity index (χ1) is 8.50. The van der Waals surface area contributed by atoms with Crippen molar-refractivity contribution in [3.63, 3.8) is 0 Å². The number of ether oxygens (including phenoxy) is 2. The molecule has 0 fully saturated rings. The Morgan fingerprint density at radius 2 is 2.28 bits per heavy atom. The van der Waals surface area contributed by atoms with Gasteiger partial charge in [0, 0.05) is 6.42 Å². The van der Waals surface area contributed by atoms with E-state index in [0.717, 1.165) is 0 Å². The van der Waals surface area contributed by atoms with Crippen molar-refractivity contribution in [2.45, 2.75) is 20.3 Å². The van der Waals surface area contributed by atoms with Crippen LogP contribution in [0.25, 0.3) is 0 Å². The van der Waals surface area contributed by atoms with E-state index in [9.17, 15) is 14.9 Å². The molecular weight excluding hydrogens is 240 g/mol. The number of nitro groups is 1. The van der Waals surface area contributed by atoms with Crippen molar-refractivity contribution in [3.05, 3.63) is 28.4 Å². The van der Waals surface area contributed by atoms with Crippen LogP contribution in [0.4, 0.5) is 5.82 Å². The maximum Gasteiger partial charge on any atom is 0.406 e. The van der Waals surface area contributed by atoms with Crippen LogP contribution < -0.4 is 4.74 Å². The summed E-state index contributed by atoms with van der Waals surface area (Å²) in [7, 11) is 0. The molecular formula is C11H14N2O5. The molecule has 18 heavy (non-hydrogen) atoms. The molecule has 1 aromatic heterocycles. The summed E-state index contributed by atoms with van der Waals surface area (Å²) in [6.07, 6.45) is 1.56. The van der Waals surface area contributed by atoms with Crippen LogP contribution >= 0.6 is 0 Å². The minimum Gasteiger partial charge on any atom is -0.448 e. The second-order valence-electron chi connectivity index (χ2n) is 3.96. The fraction of sp³-hybridized carbons (Fsp3) is 0.455. The van der Waals surface area contributed by atoms with Crippen molar-refractivity contribution in [3.8, 4) is 5.75 Å². The van der Waals surface area contributed by atoms with Gasteiger partial charge >= 0.3 is 11.8 Å². The van der Waals surface area contributed by atoms with E-state index in [4.69, 9.17) is 9.47 Å². The number of aromatic nitrogens is 1. The molecule has 0 aliphatic carbocycles. The monoisotopic (exact) mass is 254 g/mol. The Morgan fingerprint density at radius 1 is 1.56 bits per heavy atom. The van der Waals surface area contributed by atoms with Crippen molar-refractivity contribution in [2.75, 3.05) is 6.79 Å². The number of carbonyl (C=O) groups is 1. The van der Waals surface area contributed by atoms with Gasteiger partial charge in [0.15, 0.2) is 0 Å². The van der Waals surface area contributed by atoms with E-state index >= 15 is 0 Å². The molecule has 0 radical (unpaired) electrons. The third-order valence-corrected chi connectivity index (χ3v) is 1.93. The smallest absolute Gasteiger partial charge is 0.406 e. The van der Waals surface area contributed by atoms with Gasteiger partial charge < -0.3 is 19.6 Å². The second-order valence-corrected chi connectivity index (χ2v) is 3.96. The van der Waals surface area contributed by atoms with Gasteiger partial charge in [0.25, 0.3) is 0 Å². The van der Waals surface area contributed by atoms with E-state index in [1.165, 1.54) is 18.3 Å². The molecule has 0 amide bonds. The molecule has 0 saturated carbocycles. The van der Waals surface area contributed by atoms with Gasteiger partial charge in [-0.3, -0.25) is 4.79 Å². The first kappa shape index (κ1) is 13.9. The number of carbonyl (C=O) groups excluding carboxylic acids is 1. The number of hydrogen-bond donors (Lipinski definition) is 0. The van der Waals surface area contributed by atoms with E-state index in [1.807, 2.05) is 13.8 Å². The van der Waals surface area contributed by atoms with Crippen molar-refractivity contribution in [1.82, 2.24) is 4.98 Å². The van der Waals surface area contributed by atoms with Crippen LogP contribution in [0.1, 0.15) is 20.3 Å². The van der Waals surface area contributed by atoms with Crippen LogP contribution in [0, 0.1) is 16.0 Å². The van der Waals surface area contributed by atoms with Gasteiger partial charge in [0.2, 0.25) is 12.5 Å². The maximum atomic E-state index is 11.2. The van der Waals surface area contributed by atoms with Crippen LogP contribution in [0.3, 0.4) is 0 Å². The van der Waals surface area contributed by atoms with Crippen LogP contribution in [0.5, 0.6) is 5.75 Å². The predicted molar refractivity (Wildman–Crippen MR) is 61.9 cm³/mol. The predicted octanol–water partition coefficient (Wildman–Crippen LogP) is 1.92. The number of nitrogens with zero attached hydrogens (tertiary/aromatic N) is 2. The average Bonchev–Trinajstić information content (AvgIpc) is 2.28. The lowest BCUT2D eigenvalue weighted by Gasteiger charge is -2.08. The number of hydrogen-bond acceptors (Lipinski definition) is 6. The minimum absolute atomic E-state index is 0.0279. The Balaban J connectivity index is 2.49. The summed E-state index contributed by atoms with van der Waals surface area (Å²) < 4.78 is 9.78. The molecule has 98 valence electrons. The first-order valence-electron chi connectivity index (χ1n) is 5.38. The fourth-order valence-electron chi connectivity index (χ4n) is 1.18. The second kappa shape index (κ2) is 6.53. The molecule has 0 spiro atoms. The Kier molecular flexibility index (Phi) is 5.04. The molecule has 0 bridgehead atoms. The number of esters is 1. The van der Waals surface area contributed by atoms with E-state index < -0.39 is 16.7 Å². The molecule has 0 N–H and O–H groups in total. The Labute approximate surface area is 104 Å². The molecule has 7 heteroatoms. The molecule has 0 aliphatic rings. The zero-order valence-corrected chi connectivity index (χ0v) is 10.2. The highest BCUT2D eigenvalue weighted by molar-refractivity contribution is 5.69. The van der Waals surface area contributed by atoms with Gasteiger partial charge in [0.1, 0.15) is 6.20 Å². The van der Waals surface area contributed by atoms with Crippen molar-refractivity contribution in [1.29, 1.82) is 0 Å². The Hall–Kier alpha value is -2.18. The van der Waals surface area contributed by atoms with Crippen LogP contribution in [0.2, 0.25) is 0 Å². The zero-order valence-electron chi connectivity index (χ0n) is 10.2. The lowest BCUT2D eigenvalue weighted by atomic mass is 10.1. The highest BCUT2D eigenvalue weighted by Gasteiger charge is 2.16. The zero-order chi connectivity index (χ0) is 13.5. The SMILES string of the molecule is CC(C)CC(=O)OCOc1cccnc1[N+](=O)[O-]. The summed E-state index contributed by atoms with van der Waals surface area (Å²) in [4.78, 5) is 24.7. The van der Waals surface area contributed by atoms with E-state index in [-0.39, 0.29) is 24.9 Å². The molecule has 0 saturated heterocycles. The van der Waals surface area contributed by atoms with Gasteiger partial charge in [-0.1, -0.05) is 13.8 Å². The standard InChI is InChI=1S/C11H14N2O5/c1-8(2)6-10(14)18-7-17-9-4-3-5-12-11(9)13(15)16/h3-5,8H,6-7H2,1-2H3. The maximum absolute atomic E-state index is 11.2. The van der Waals surface area contributed by atoms with Gasteiger partial charge in [-0.15, -0.1) is 0 Å². The lowest BCUT2D eigenvalue weighted by Crippen LogP contribution is -2.12. The van der Waals surface area contributed by atoms with Gasteiger partial charge in [-0.2, -0.15) is 0 Å². The van der Waals surface area contributed by atoms with Gasteiger partial charge in [-0.05, 0) is 28.0 Å². The quantitative estimate of drug-likeness (QED) is 0.333. The third-order valence-electron chi connectivity index (χ3n) is 1.93. The molecule has 1 heterocycles. The van der Waals surface area contributed by atoms with Gasteiger partial charge in [0.05, 0.1) is 0 Å². The normalized spacial score (nSPS) is 10.2. The van der Waals surface area contributed by atoms with Crippen LogP contribution in [0.15, 0.2) is 18.3 Å². The third kappa shape index (κ3) is 4.36.